The zero-order chi connectivity index (χ0) is 26.4. The molecule has 0 radical (unpaired) electrons. The molecule has 0 saturated heterocycles. The third-order valence-corrected chi connectivity index (χ3v) is 5.15. The standard InChI is InChI=1S/C22H41N5O7/c1-12(2)11-16(26-19(30)14(24)7-5-6-10-23)20(31)27-18(13(3)4)21(32)25-15(22(33)34)8-9-17(28)29/h12-16,18H,5-11,23-24H2,1-4H3,(H,25,32)(H,26,30)(H,27,31)(H,28,29)(H,33,34). The summed E-state index contributed by atoms with van der Waals surface area (Å²) in [6, 6.07) is -4.25. The molecule has 3 amide bonds. The average Bonchev–Trinajstić information content (AvgIpc) is 2.73. The topological polar surface area (TPSA) is 214 Å². The number of aliphatic carboxylic acids is 2. The molecule has 0 fully saturated rings. The van der Waals surface area contributed by atoms with Gasteiger partial charge >= 0.3 is 11.9 Å². The summed E-state index contributed by atoms with van der Waals surface area (Å²) < 4.78 is 0. The second-order valence-corrected chi connectivity index (χ2v) is 9.14. The Morgan fingerprint density at radius 1 is 0.794 bits per heavy atom. The van der Waals surface area contributed by atoms with Gasteiger partial charge < -0.3 is 37.6 Å². The number of carboxylic acids is 2. The quantitative estimate of drug-likeness (QED) is 0.132. The van der Waals surface area contributed by atoms with Crippen LogP contribution in [0.15, 0.2) is 0 Å². The number of hydrogen-bond donors (Lipinski definition) is 7. The summed E-state index contributed by atoms with van der Waals surface area (Å²) in [5.74, 6) is -4.77. The molecule has 12 nitrogen and oxygen atoms in total. The number of amides is 3. The van der Waals surface area contributed by atoms with Crippen LogP contribution in [0.2, 0.25) is 0 Å². The lowest BCUT2D eigenvalue weighted by molar-refractivity contribution is -0.143. The summed E-state index contributed by atoms with van der Waals surface area (Å²) in [5.41, 5.74) is 11.4. The molecule has 0 aliphatic heterocycles. The van der Waals surface area contributed by atoms with Crippen LogP contribution in [0.1, 0.15) is 66.2 Å². The molecule has 0 rings (SSSR count). The molecule has 0 bridgehead atoms. The van der Waals surface area contributed by atoms with Crippen molar-refractivity contribution in [3.05, 3.63) is 0 Å². The van der Waals surface area contributed by atoms with E-state index in [1.807, 2.05) is 13.8 Å². The Balaban J connectivity index is 5.35. The van der Waals surface area contributed by atoms with E-state index in [2.05, 4.69) is 16.0 Å². The van der Waals surface area contributed by atoms with Gasteiger partial charge in [0, 0.05) is 6.42 Å². The van der Waals surface area contributed by atoms with Crippen LogP contribution in [0.25, 0.3) is 0 Å². The first kappa shape index (κ1) is 31.3. The molecule has 34 heavy (non-hydrogen) atoms. The molecule has 0 saturated carbocycles. The molecule has 0 heterocycles. The Morgan fingerprint density at radius 2 is 1.38 bits per heavy atom. The minimum atomic E-state index is -1.42. The van der Waals surface area contributed by atoms with Gasteiger partial charge in [0.15, 0.2) is 0 Å². The molecule has 0 aromatic rings. The molecular weight excluding hydrogens is 446 g/mol. The second kappa shape index (κ2) is 16.0. The van der Waals surface area contributed by atoms with Crippen LogP contribution in [-0.4, -0.2) is 70.6 Å². The summed E-state index contributed by atoms with van der Waals surface area (Å²) in [6.07, 6.45) is 1.38. The Labute approximate surface area is 200 Å². The van der Waals surface area contributed by atoms with Crippen molar-refractivity contribution in [2.75, 3.05) is 6.54 Å². The molecule has 0 spiro atoms. The SMILES string of the molecule is CC(C)CC(NC(=O)C(N)CCCCN)C(=O)NC(C(=O)NC(CCC(=O)O)C(=O)O)C(C)C. The van der Waals surface area contributed by atoms with Crippen LogP contribution >= 0.6 is 0 Å². The van der Waals surface area contributed by atoms with Crippen LogP contribution in [-0.2, 0) is 24.0 Å². The summed E-state index contributed by atoms with van der Waals surface area (Å²) in [4.78, 5) is 60.4. The van der Waals surface area contributed by atoms with E-state index in [-0.39, 0.29) is 12.3 Å². The first-order valence-electron chi connectivity index (χ1n) is 11.6. The van der Waals surface area contributed by atoms with Crippen molar-refractivity contribution in [1.29, 1.82) is 0 Å². The van der Waals surface area contributed by atoms with E-state index in [1.54, 1.807) is 13.8 Å². The minimum absolute atomic E-state index is 0.0447. The number of carbonyl (C=O) groups is 5. The number of hydrogen-bond acceptors (Lipinski definition) is 7. The zero-order valence-corrected chi connectivity index (χ0v) is 20.5. The maximum Gasteiger partial charge on any atom is 0.326 e. The van der Waals surface area contributed by atoms with Crippen molar-refractivity contribution in [1.82, 2.24) is 16.0 Å². The molecule has 12 heteroatoms. The summed E-state index contributed by atoms with van der Waals surface area (Å²) in [7, 11) is 0. The van der Waals surface area contributed by atoms with Crippen molar-refractivity contribution in [2.45, 2.75) is 90.4 Å². The lowest BCUT2D eigenvalue weighted by Gasteiger charge is -2.27. The van der Waals surface area contributed by atoms with Crippen LogP contribution in [0.3, 0.4) is 0 Å². The van der Waals surface area contributed by atoms with Crippen molar-refractivity contribution >= 4 is 29.7 Å². The maximum atomic E-state index is 13.0. The molecule has 0 aromatic carbocycles. The molecule has 0 aliphatic carbocycles. The van der Waals surface area contributed by atoms with E-state index in [0.29, 0.717) is 25.8 Å². The van der Waals surface area contributed by atoms with Crippen LogP contribution in [0, 0.1) is 11.8 Å². The van der Waals surface area contributed by atoms with Crippen LogP contribution in [0.4, 0.5) is 0 Å². The van der Waals surface area contributed by atoms with Gasteiger partial charge in [-0.3, -0.25) is 19.2 Å². The third-order valence-electron chi connectivity index (χ3n) is 5.15. The van der Waals surface area contributed by atoms with Gasteiger partial charge in [-0.05, 0) is 44.1 Å². The lowest BCUT2D eigenvalue weighted by atomic mass is 9.99. The van der Waals surface area contributed by atoms with Crippen LogP contribution < -0.4 is 27.4 Å². The highest BCUT2D eigenvalue weighted by Gasteiger charge is 2.32. The fraction of sp³-hybridized carbons (Fsp3) is 0.773. The second-order valence-electron chi connectivity index (χ2n) is 9.14. The monoisotopic (exact) mass is 487 g/mol. The van der Waals surface area contributed by atoms with Crippen molar-refractivity contribution in [3.8, 4) is 0 Å². The predicted molar refractivity (Wildman–Crippen MR) is 125 cm³/mol. The molecule has 196 valence electrons. The number of rotatable bonds is 17. The van der Waals surface area contributed by atoms with E-state index in [1.165, 1.54) is 0 Å². The lowest BCUT2D eigenvalue weighted by Crippen LogP contribution is -2.58. The van der Waals surface area contributed by atoms with Crippen molar-refractivity contribution in [3.63, 3.8) is 0 Å². The molecule has 4 unspecified atom stereocenters. The van der Waals surface area contributed by atoms with Gasteiger partial charge in [0.2, 0.25) is 17.7 Å². The van der Waals surface area contributed by atoms with Crippen molar-refractivity contribution in [2.24, 2.45) is 23.3 Å². The molecule has 0 aromatic heterocycles. The first-order chi connectivity index (χ1) is 15.8. The van der Waals surface area contributed by atoms with Crippen molar-refractivity contribution < 1.29 is 34.2 Å². The molecule has 9 N–H and O–H groups in total. The van der Waals surface area contributed by atoms with Gasteiger partial charge in [-0.1, -0.05) is 34.1 Å². The predicted octanol–water partition coefficient (Wildman–Crippen LogP) is -0.451. The van der Waals surface area contributed by atoms with Gasteiger partial charge in [-0.15, -0.1) is 0 Å². The Hall–Kier alpha value is -2.73. The van der Waals surface area contributed by atoms with E-state index in [9.17, 15) is 29.1 Å². The Morgan fingerprint density at radius 3 is 1.85 bits per heavy atom. The normalized spacial score (nSPS) is 14.7. The highest BCUT2D eigenvalue weighted by molar-refractivity contribution is 5.94. The van der Waals surface area contributed by atoms with Gasteiger partial charge in [0.05, 0.1) is 6.04 Å². The summed E-state index contributed by atoms with van der Waals surface area (Å²) in [6.45, 7) is 7.58. The van der Waals surface area contributed by atoms with Gasteiger partial charge in [-0.25, -0.2) is 4.79 Å². The third kappa shape index (κ3) is 12.5. The largest absolute Gasteiger partial charge is 0.481 e. The first-order valence-corrected chi connectivity index (χ1v) is 11.6. The number of carboxylic acid groups (broad SMARTS) is 2. The average molecular weight is 488 g/mol. The Kier molecular flexibility index (Phi) is 14.7. The number of nitrogens with two attached hydrogens (primary N) is 2. The zero-order valence-electron chi connectivity index (χ0n) is 20.5. The number of nitrogens with one attached hydrogen (secondary N) is 3. The highest BCUT2D eigenvalue weighted by atomic mass is 16.4. The van der Waals surface area contributed by atoms with E-state index in [0.717, 1.165) is 6.42 Å². The minimum Gasteiger partial charge on any atom is -0.481 e. The fourth-order valence-corrected chi connectivity index (χ4v) is 3.20. The summed E-state index contributed by atoms with van der Waals surface area (Å²) in [5, 5.41) is 25.6. The molecule has 4 atom stereocenters. The van der Waals surface area contributed by atoms with Crippen LogP contribution in [0.5, 0.6) is 0 Å². The highest BCUT2D eigenvalue weighted by Crippen LogP contribution is 2.10. The summed E-state index contributed by atoms with van der Waals surface area (Å²) >= 11 is 0. The number of unbranched alkanes of at least 4 members (excludes halogenated alkanes) is 1. The Bertz CT molecular complexity index is 699. The van der Waals surface area contributed by atoms with E-state index in [4.69, 9.17) is 16.6 Å². The van der Waals surface area contributed by atoms with E-state index < -0.39 is 66.2 Å². The molecular formula is C22H41N5O7. The van der Waals surface area contributed by atoms with E-state index >= 15 is 0 Å². The maximum absolute atomic E-state index is 13.0. The van der Waals surface area contributed by atoms with Gasteiger partial charge in [0.1, 0.15) is 18.1 Å². The fourth-order valence-electron chi connectivity index (χ4n) is 3.20. The smallest absolute Gasteiger partial charge is 0.326 e. The van der Waals surface area contributed by atoms with Gasteiger partial charge in [-0.2, -0.15) is 0 Å². The number of carbonyl (C=O) groups excluding carboxylic acids is 3. The molecule has 0 aliphatic rings. The van der Waals surface area contributed by atoms with Gasteiger partial charge in [0.25, 0.3) is 0 Å².